The van der Waals surface area contributed by atoms with Crippen molar-refractivity contribution in [1.29, 1.82) is 0 Å². The summed E-state index contributed by atoms with van der Waals surface area (Å²) in [6.07, 6.45) is 12.6. The molecule has 2 aliphatic carbocycles. The summed E-state index contributed by atoms with van der Waals surface area (Å²) in [6.45, 7) is 0. The molecule has 2 aromatic carbocycles. The largest absolute Gasteiger partial charge is 1.00 e. The number of hydrogen-bond acceptors (Lipinski definition) is 1. The van der Waals surface area contributed by atoms with Crippen LogP contribution >= 0.6 is 0 Å². The van der Waals surface area contributed by atoms with Crippen molar-refractivity contribution in [3.05, 3.63) is 47.9 Å². The average Bonchev–Trinajstić information content (AvgIpc) is 2.67. The Labute approximate surface area is 203 Å². The number of benzene rings is 2. The van der Waals surface area contributed by atoms with Gasteiger partial charge in [-0.05, 0) is 60.5 Å². The fourth-order valence-electron chi connectivity index (χ4n) is 4.94. The summed E-state index contributed by atoms with van der Waals surface area (Å²) in [5.74, 6) is -0.397. The Bertz CT molecular complexity index is 762. The molecule has 0 radical (unpaired) electrons. The third-order valence-corrected chi connectivity index (χ3v) is 6.42. The normalized spacial score (nSPS) is 24.4. The molecule has 0 bridgehead atoms. The molecule has 4 rings (SSSR count). The Kier molecular flexibility index (Phi) is 7.32. The van der Waals surface area contributed by atoms with Gasteiger partial charge in [0.25, 0.3) is 0 Å². The van der Waals surface area contributed by atoms with Crippen LogP contribution < -0.4 is 58.2 Å². The van der Waals surface area contributed by atoms with E-state index in [4.69, 9.17) is 0 Å². The predicted octanol–water partition coefficient (Wildman–Crippen LogP) is 3.50. The number of fused-ring (bicyclic) bond motifs is 1. The molecular weight excluding hydrogens is 404 g/mol. The van der Waals surface area contributed by atoms with Crippen LogP contribution in [0.4, 0.5) is 8.78 Å². The number of phenols is 1. The van der Waals surface area contributed by atoms with Crippen LogP contribution in [-0.4, -0.2) is 5.11 Å². The van der Waals surface area contributed by atoms with Crippen molar-refractivity contribution in [2.75, 3.05) is 0 Å². The van der Waals surface area contributed by atoms with E-state index >= 15 is 0 Å². The molecule has 0 unspecified atom stereocenters. The van der Waals surface area contributed by atoms with E-state index in [1.807, 2.05) is 12.1 Å². The standard InChI is InChI=1S/C22H25F2O.Rb/c23-20-13-18-12-17(10-11-19(18)21(24)22(20)25)16-8-6-15(7-9-16)14-4-2-1-3-5-14;/h1,10-16,25H,2-9H2;/q-1;+1. The first kappa shape index (κ1) is 20.9. The van der Waals surface area contributed by atoms with Gasteiger partial charge < -0.3 is 11.5 Å². The average molecular weight is 429 g/mol. The molecule has 134 valence electrons. The minimum absolute atomic E-state index is 0. The second-order valence-electron chi connectivity index (χ2n) is 7.82. The van der Waals surface area contributed by atoms with Gasteiger partial charge in [0.2, 0.25) is 0 Å². The number of phenolic OH excluding ortho intramolecular Hbond substituents is 1. The zero-order valence-corrected chi connectivity index (χ0v) is 20.4. The minimum atomic E-state index is -0.889. The van der Waals surface area contributed by atoms with E-state index in [0.717, 1.165) is 11.8 Å². The van der Waals surface area contributed by atoms with E-state index < -0.39 is 17.4 Å². The maximum atomic E-state index is 14.0. The van der Waals surface area contributed by atoms with Gasteiger partial charge in [-0.25, -0.2) is 8.78 Å². The van der Waals surface area contributed by atoms with Crippen molar-refractivity contribution in [2.45, 2.75) is 57.3 Å². The van der Waals surface area contributed by atoms with Gasteiger partial charge in [0.1, 0.15) is 0 Å². The van der Waals surface area contributed by atoms with Crippen molar-refractivity contribution in [2.24, 2.45) is 11.8 Å². The Morgan fingerprint density at radius 3 is 2.23 bits per heavy atom. The summed E-state index contributed by atoms with van der Waals surface area (Å²) in [5.41, 5.74) is 1.17. The van der Waals surface area contributed by atoms with Crippen LogP contribution in [-0.2, 0) is 0 Å². The predicted molar refractivity (Wildman–Crippen MR) is 96.5 cm³/mol. The maximum absolute atomic E-state index is 14.0. The third kappa shape index (κ3) is 4.26. The molecule has 0 aliphatic heterocycles. The third-order valence-electron chi connectivity index (χ3n) is 6.42. The Balaban J connectivity index is 0.00000196. The van der Waals surface area contributed by atoms with Gasteiger partial charge in [-0.3, -0.25) is 0 Å². The van der Waals surface area contributed by atoms with Gasteiger partial charge in [0.05, 0.1) is 0 Å². The summed E-state index contributed by atoms with van der Waals surface area (Å²) in [7, 11) is 0. The van der Waals surface area contributed by atoms with Crippen LogP contribution in [0.3, 0.4) is 0 Å². The Morgan fingerprint density at radius 2 is 1.54 bits per heavy atom. The fraction of sp³-hybridized carbons (Fsp3) is 0.500. The van der Waals surface area contributed by atoms with Crippen molar-refractivity contribution in [3.8, 4) is 5.75 Å². The van der Waals surface area contributed by atoms with E-state index in [-0.39, 0.29) is 63.6 Å². The molecule has 4 heteroatoms. The van der Waals surface area contributed by atoms with Crippen molar-refractivity contribution in [3.63, 3.8) is 0 Å². The van der Waals surface area contributed by atoms with E-state index in [1.54, 1.807) is 6.07 Å². The molecule has 0 heterocycles. The molecular formula is C22H25F2ORb. The monoisotopic (exact) mass is 428 g/mol. The molecule has 0 amide bonds. The van der Waals surface area contributed by atoms with E-state index in [2.05, 4.69) is 6.42 Å². The van der Waals surface area contributed by atoms with Crippen LogP contribution in [0, 0.1) is 29.9 Å². The number of aromatic hydroxyl groups is 1. The van der Waals surface area contributed by atoms with E-state index in [9.17, 15) is 13.9 Å². The molecule has 0 aromatic heterocycles. The van der Waals surface area contributed by atoms with Crippen LogP contribution in [0.1, 0.15) is 62.8 Å². The topological polar surface area (TPSA) is 20.2 Å². The summed E-state index contributed by atoms with van der Waals surface area (Å²) >= 11 is 0. The molecule has 2 aliphatic rings. The maximum Gasteiger partial charge on any atom is 1.00 e. The van der Waals surface area contributed by atoms with Crippen molar-refractivity contribution < 1.29 is 72.1 Å². The second-order valence-corrected chi connectivity index (χ2v) is 7.82. The Hall–Kier alpha value is 0.165. The van der Waals surface area contributed by atoms with E-state index in [0.29, 0.717) is 11.3 Å². The number of hydrogen-bond donors (Lipinski definition) is 1. The first-order valence-electron chi connectivity index (χ1n) is 9.55. The number of rotatable bonds is 2. The van der Waals surface area contributed by atoms with Gasteiger partial charge in [-0.1, -0.05) is 31.0 Å². The molecule has 2 fully saturated rings. The van der Waals surface area contributed by atoms with Gasteiger partial charge in [0.15, 0.2) is 17.4 Å². The quantitative estimate of drug-likeness (QED) is 0.726. The van der Waals surface area contributed by atoms with Crippen LogP contribution in [0.15, 0.2) is 24.3 Å². The summed E-state index contributed by atoms with van der Waals surface area (Å²) in [4.78, 5) is 0. The molecule has 1 N–H and O–H groups in total. The second kappa shape index (κ2) is 9.11. The molecule has 26 heavy (non-hydrogen) atoms. The SMILES string of the molecule is Oc1c(F)cc2cc(C3CCC(C4CC[CH-]CC4)CC3)ccc2c1F.[Rb+]. The molecule has 0 saturated heterocycles. The van der Waals surface area contributed by atoms with Crippen LogP contribution in [0.2, 0.25) is 0 Å². The minimum Gasteiger partial charge on any atom is -0.503 e. The summed E-state index contributed by atoms with van der Waals surface area (Å²) in [5, 5.41) is 10.2. The van der Waals surface area contributed by atoms with Crippen molar-refractivity contribution >= 4 is 10.8 Å². The number of halogens is 2. The smallest absolute Gasteiger partial charge is 0.503 e. The molecule has 0 atom stereocenters. The van der Waals surface area contributed by atoms with Gasteiger partial charge in [0, 0.05) is 5.39 Å². The fourth-order valence-corrected chi connectivity index (χ4v) is 4.94. The van der Waals surface area contributed by atoms with Gasteiger partial charge in [-0.15, -0.1) is 0 Å². The summed E-state index contributed by atoms with van der Waals surface area (Å²) in [6, 6.07) is 6.77. The molecule has 0 spiro atoms. The van der Waals surface area contributed by atoms with E-state index in [1.165, 1.54) is 63.0 Å². The molecule has 2 aromatic rings. The molecule has 1 nitrogen and oxygen atoms in total. The zero-order valence-electron chi connectivity index (χ0n) is 15.5. The first-order chi connectivity index (χ1) is 12.1. The van der Waals surface area contributed by atoms with Crippen LogP contribution in [0.25, 0.3) is 10.8 Å². The summed E-state index contributed by atoms with van der Waals surface area (Å²) < 4.78 is 27.6. The Morgan fingerprint density at radius 1 is 0.885 bits per heavy atom. The molecule has 2 saturated carbocycles. The van der Waals surface area contributed by atoms with Gasteiger partial charge in [-0.2, -0.15) is 12.8 Å². The zero-order chi connectivity index (χ0) is 17.4. The first-order valence-corrected chi connectivity index (χ1v) is 9.55. The van der Waals surface area contributed by atoms with Crippen LogP contribution in [0.5, 0.6) is 5.75 Å². The van der Waals surface area contributed by atoms with Crippen molar-refractivity contribution in [1.82, 2.24) is 0 Å². The van der Waals surface area contributed by atoms with Gasteiger partial charge >= 0.3 is 58.2 Å².